The molecule has 0 unspecified atom stereocenters. The Hall–Kier alpha value is -1.80. The maximum absolute atomic E-state index is 12.1. The molecule has 0 aromatic heterocycles. The van der Waals surface area contributed by atoms with Crippen LogP contribution >= 0.6 is 0 Å². The lowest BCUT2D eigenvalue weighted by Gasteiger charge is -2.22. The number of ether oxygens (including phenoxy) is 1. The standard InChI is InChI=1S/C11H17N3O4S/c1-11(2,10(13)15)14-19(16,17)7-4-5-8(12)9(6-7)18-3/h4-6,14H,12H2,1-3H3,(H2,13,15). The van der Waals surface area contributed by atoms with Crippen molar-refractivity contribution in [1.29, 1.82) is 0 Å². The fraction of sp³-hybridized carbons (Fsp3) is 0.364. The molecule has 0 fully saturated rings. The molecule has 1 aromatic rings. The summed E-state index contributed by atoms with van der Waals surface area (Å²) < 4.78 is 31.4. The molecule has 1 aromatic carbocycles. The van der Waals surface area contributed by atoms with Crippen LogP contribution in [0.25, 0.3) is 0 Å². The molecule has 1 amide bonds. The lowest BCUT2D eigenvalue weighted by atomic mass is 10.1. The van der Waals surface area contributed by atoms with E-state index in [1.165, 1.54) is 39.2 Å². The number of carbonyl (C=O) groups is 1. The van der Waals surface area contributed by atoms with Crippen molar-refractivity contribution in [2.24, 2.45) is 5.73 Å². The highest BCUT2D eigenvalue weighted by Crippen LogP contribution is 2.25. The van der Waals surface area contributed by atoms with E-state index < -0.39 is 21.5 Å². The van der Waals surface area contributed by atoms with Gasteiger partial charge >= 0.3 is 0 Å². The van der Waals surface area contributed by atoms with Crippen LogP contribution in [0.15, 0.2) is 23.1 Å². The van der Waals surface area contributed by atoms with Gasteiger partial charge in [-0.05, 0) is 26.0 Å². The van der Waals surface area contributed by atoms with Gasteiger partial charge < -0.3 is 16.2 Å². The molecule has 0 atom stereocenters. The molecular weight excluding hydrogens is 270 g/mol. The molecule has 1 rings (SSSR count). The Morgan fingerprint density at radius 3 is 2.42 bits per heavy atom. The first-order chi connectivity index (χ1) is 8.60. The SMILES string of the molecule is COc1cc(S(=O)(=O)NC(C)(C)C(N)=O)ccc1N. The van der Waals surface area contributed by atoms with Gasteiger partial charge in [0, 0.05) is 6.07 Å². The summed E-state index contributed by atoms with van der Waals surface area (Å²) in [4.78, 5) is 11.1. The molecule has 0 spiro atoms. The maximum Gasteiger partial charge on any atom is 0.241 e. The predicted molar refractivity (Wildman–Crippen MR) is 71.0 cm³/mol. The molecular formula is C11H17N3O4S. The second-order valence-corrected chi connectivity index (χ2v) is 6.18. The van der Waals surface area contributed by atoms with Gasteiger partial charge in [0.15, 0.2) is 0 Å². The lowest BCUT2D eigenvalue weighted by Crippen LogP contribution is -2.52. The minimum absolute atomic E-state index is 0.0622. The number of hydrogen-bond donors (Lipinski definition) is 3. The number of primary amides is 1. The molecule has 0 saturated heterocycles. The van der Waals surface area contributed by atoms with Gasteiger partial charge in [0.1, 0.15) is 11.3 Å². The number of benzene rings is 1. The zero-order valence-corrected chi connectivity index (χ0v) is 11.7. The second-order valence-electron chi connectivity index (χ2n) is 4.50. The van der Waals surface area contributed by atoms with Crippen molar-refractivity contribution in [3.05, 3.63) is 18.2 Å². The molecule has 8 heteroatoms. The molecule has 106 valence electrons. The smallest absolute Gasteiger partial charge is 0.241 e. The summed E-state index contributed by atoms with van der Waals surface area (Å²) in [5.41, 5.74) is 9.65. The molecule has 5 N–H and O–H groups in total. The number of sulfonamides is 1. The van der Waals surface area contributed by atoms with Crippen LogP contribution in [0.3, 0.4) is 0 Å². The van der Waals surface area contributed by atoms with E-state index in [1.54, 1.807) is 0 Å². The van der Waals surface area contributed by atoms with E-state index in [0.29, 0.717) is 5.69 Å². The van der Waals surface area contributed by atoms with Crippen LogP contribution in [-0.4, -0.2) is 27.0 Å². The van der Waals surface area contributed by atoms with Crippen LogP contribution in [0.5, 0.6) is 5.75 Å². The normalized spacial score (nSPS) is 12.2. The minimum Gasteiger partial charge on any atom is -0.495 e. The van der Waals surface area contributed by atoms with Gasteiger partial charge in [-0.15, -0.1) is 0 Å². The number of amides is 1. The summed E-state index contributed by atoms with van der Waals surface area (Å²) in [6, 6.07) is 4.00. The number of anilines is 1. The Morgan fingerprint density at radius 2 is 1.95 bits per heavy atom. The van der Waals surface area contributed by atoms with Crippen molar-refractivity contribution in [2.45, 2.75) is 24.3 Å². The first kappa shape index (κ1) is 15.3. The highest BCUT2D eigenvalue weighted by molar-refractivity contribution is 7.89. The third kappa shape index (κ3) is 3.36. The van der Waals surface area contributed by atoms with Crippen LogP contribution in [0.1, 0.15) is 13.8 Å². The molecule has 0 aliphatic rings. The number of rotatable bonds is 5. The summed E-state index contributed by atoms with van der Waals surface area (Å²) in [5, 5.41) is 0. The van der Waals surface area contributed by atoms with Crippen LogP contribution in [0.2, 0.25) is 0 Å². The first-order valence-electron chi connectivity index (χ1n) is 5.37. The summed E-state index contributed by atoms with van der Waals surface area (Å²) in [6.07, 6.45) is 0. The average molecular weight is 287 g/mol. The summed E-state index contributed by atoms with van der Waals surface area (Å²) in [7, 11) is -2.52. The van der Waals surface area contributed by atoms with E-state index in [9.17, 15) is 13.2 Å². The van der Waals surface area contributed by atoms with Gasteiger partial charge in [0.05, 0.1) is 17.7 Å². The maximum atomic E-state index is 12.1. The number of hydrogen-bond acceptors (Lipinski definition) is 5. The monoisotopic (exact) mass is 287 g/mol. The van der Waals surface area contributed by atoms with Crippen molar-refractivity contribution < 1.29 is 17.9 Å². The van der Waals surface area contributed by atoms with Crippen LogP contribution in [0, 0.1) is 0 Å². The van der Waals surface area contributed by atoms with Crippen molar-refractivity contribution in [2.75, 3.05) is 12.8 Å². The van der Waals surface area contributed by atoms with Crippen molar-refractivity contribution in [3.63, 3.8) is 0 Å². The highest BCUT2D eigenvalue weighted by Gasteiger charge is 2.31. The Balaban J connectivity index is 3.18. The van der Waals surface area contributed by atoms with Crippen LogP contribution in [0.4, 0.5) is 5.69 Å². The first-order valence-corrected chi connectivity index (χ1v) is 6.86. The van der Waals surface area contributed by atoms with Gasteiger partial charge in [-0.2, -0.15) is 4.72 Å². The fourth-order valence-electron chi connectivity index (χ4n) is 1.30. The zero-order chi connectivity index (χ0) is 14.8. The van der Waals surface area contributed by atoms with E-state index in [0.717, 1.165) is 0 Å². The molecule has 0 bridgehead atoms. The molecule has 19 heavy (non-hydrogen) atoms. The Kier molecular flexibility index (Phi) is 4.06. The summed E-state index contributed by atoms with van der Waals surface area (Å²) >= 11 is 0. The van der Waals surface area contributed by atoms with Gasteiger partial charge in [-0.1, -0.05) is 0 Å². The molecule has 0 heterocycles. The van der Waals surface area contributed by atoms with E-state index in [2.05, 4.69) is 4.72 Å². The molecule has 7 nitrogen and oxygen atoms in total. The van der Waals surface area contributed by atoms with E-state index >= 15 is 0 Å². The number of methoxy groups -OCH3 is 1. The van der Waals surface area contributed by atoms with Crippen molar-refractivity contribution in [1.82, 2.24) is 4.72 Å². The molecule has 0 saturated carbocycles. The third-order valence-electron chi connectivity index (χ3n) is 2.52. The van der Waals surface area contributed by atoms with Gasteiger partial charge in [0.2, 0.25) is 15.9 Å². The Morgan fingerprint density at radius 1 is 1.37 bits per heavy atom. The van der Waals surface area contributed by atoms with Gasteiger partial charge in [-0.3, -0.25) is 4.79 Å². The Bertz CT molecular complexity index is 596. The number of carbonyl (C=O) groups excluding carboxylic acids is 1. The van der Waals surface area contributed by atoms with E-state index in [-0.39, 0.29) is 10.6 Å². The summed E-state index contributed by atoms with van der Waals surface area (Å²) in [6.45, 7) is 2.75. The van der Waals surface area contributed by atoms with E-state index in [1.807, 2.05) is 0 Å². The Labute approximate surface area is 112 Å². The molecule has 0 aliphatic heterocycles. The second kappa shape index (κ2) is 5.06. The van der Waals surface area contributed by atoms with Gasteiger partial charge in [-0.25, -0.2) is 8.42 Å². The predicted octanol–water partition coefficient (Wildman–Crippen LogP) is -0.180. The van der Waals surface area contributed by atoms with E-state index in [4.69, 9.17) is 16.2 Å². The number of nitrogens with one attached hydrogen (secondary N) is 1. The third-order valence-corrected chi connectivity index (χ3v) is 4.17. The quantitative estimate of drug-likeness (QED) is 0.648. The molecule has 0 radical (unpaired) electrons. The van der Waals surface area contributed by atoms with Gasteiger partial charge in [0.25, 0.3) is 0 Å². The number of nitrogens with two attached hydrogens (primary N) is 2. The number of nitrogen functional groups attached to an aromatic ring is 1. The fourth-order valence-corrected chi connectivity index (χ4v) is 2.70. The van der Waals surface area contributed by atoms with Crippen LogP contribution in [-0.2, 0) is 14.8 Å². The average Bonchev–Trinajstić information content (AvgIpc) is 2.27. The van der Waals surface area contributed by atoms with Crippen molar-refractivity contribution in [3.8, 4) is 5.75 Å². The van der Waals surface area contributed by atoms with Crippen LogP contribution < -0.4 is 20.9 Å². The van der Waals surface area contributed by atoms with Crippen molar-refractivity contribution >= 4 is 21.6 Å². The largest absolute Gasteiger partial charge is 0.495 e. The highest BCUT2D eigenvalue weighted by atomic mass is 32.2. The zero-order valence-electron chi connectivity index (χ0n) is 10.9. The minimum atomic E-state index is -3.90. The molecule has 0 aliphatic carbocycles. The topological polar surface area (TPSA) is 125 Å². The summed E-state index contributed by atoms with van der Waals surface area (Å²) in [5.74, 6) is -0.543. The lowest BCUT2D eigenvalue weighted by molar-refractivity contribution is -0.122.